The van der Waals surface area contributed by atoms with Crippen LogP contribution in [0, 0.1) is 0 Å². The first-order valence-electron chi connectivity index (χ1n) is 9.83. The first kappa shape index (κ1) is 22.9. The third kappa shape index (κ3) is 5.68. The molecule has 31 heavy (non-hydrogen) atoms. The van der Waals surface area contributed by atoms with Gasteiger partial charge < -0.3 is 10.1 Å². The van der Waals surface area contributed by atoms with Crippen molar-refractivity contribution in [2.24, 2.45) is 0 Å². The molecule has 2 aromatic carbocycles. The van der Waals surface area contributed by atoms with Crippen LogP contribution in [0.15, 0.2) is 60.3 Å². The quantitative estimate of drug-likeness (QED) is 0.333. The zero-order valence-corrected chi connectivity index (χ0v) is 19.3. The van der Waals surface area contributed by atoms with Crippen molar-refractivity contribution in [2.75, 3.05) is 18.2 Å². The van der Waals surface area contributed by atoms with Crippen LogP contribution in [-0.4, -0.2) is 33.5 Å². The normalized spacial score (nSPS) is 10.9. The van der Waals surface area contributed by atoms with Crippen molar-refractivity contribution in [1.82, 2.24) is 14.8 Å². The van der Waals surface area contributed by atoms with E-state index in [1.54, 1.807) is 31.4 Å². The summed E-state index contributed by atoms with van der Waals surface area (Å²) in [6.07, 6.45) is 1.75. The molecule has 0 aliphatic heterocycles. The minimum Gasteiger partial charge on any atom is -0.496 e. The molecule has 0 radical (unpaired) electrons. The summed E-state index contributed by atoms with van der Waals surface area (Å²) < 4.78 is 7.33. The fraction of sp³-hybridized carbons (Fsp3) is 0.261. The largest absolute Gasteiger partial charge is 0.496 e. The van der Waals surface area contributed by atoms with Crippen molar-refractivity contribution in [3.63, 3.8) is 0 Å². The molecule has 0 atom stereocenters. The fourth-order valence-electron chi connectivity index (χ4n) is 3.02. The number of carbonyl (C=O) groups excluding carboxylic acids is 1. The fourth-order valence-corrected chi connectivity index (χ4v) is 3.94. The number of carbonyl (C=O) groups is 1. The number of benzene rings is 2. The number of hydrogen-bond acceptors (Lipinski definition) is 5. The predicted molar refractivity (Wildman–Crippen MR) is 127 cm³/mol. The Bertz CT molecular complexity index is 1060. The average molecular weight is 457 g/mol. The number of nitrogens with zero attached hydrogens (tertiary/aromatic N) is 3. The molecule has 0 fully saturated rings. The highest BCUT2D eigenvalue weighted by Gasteiger charge is 2.18. The van der Waals surface area contributed by atoms with E-state index in [1.807, 2.05) is 28.8 Å². The second-order valence-electron chi connectivity index (χ2n) is 7.16. The average Bonchev–Trinajstić information content (AvgIpc) is 3.15. The molecule has 0 spiro atoms. The molecule has 1 N–H and O–H groups in total. The second kappa shape index (κ2) is 10.5. The predicted octanol–water partition coefficient (Wildman–Crippen LogP) is 5.65. The van der Waals surface area contributed by atoms with E-state index < -0.39 is 0 Å². The Morgan fingerprint density at radius 2 is 2.00 bits per heavy atom. The van der Waals surface area contributed by atoms with Crippen molar-refractivity contribution in [2.45, 2.75) is 31.5 Å². The summed E-state index contributed by atoms with van der Waals surface area (Å²) in [5.41, 5.74) is 2.73. The van der Waals surface area contributed by atoms with Crippen molar-refractivity contribution in [1.29, 1.82) is 0 Å². The van der Waals surface area contributed by atoms with E-state index >= 15 is 0 Å². The van der Waals surface area contributed by atoms with E-state index in [0.717, 1.165) is 11.3 Å². The first-order valence-corrected chi connectivity index (χ1v) is 11.2. The van der Waals surface area contributed by atoms with E-state index in [1.165, 1.54) is 17.3 Å². The molecule has 0 bridgehead atoms. The van der Waals surface area contributed by atoms with Crippen LogP contribution >= 0.6 is 23.4 Å². The SMILES string of the molecule is C=CCn1c(SCC(=O)Nc2ccc(C(C)C)cc2)nnc1-c1cc(Cl)ccc1OC. The van der Waals surface area contributed by atoms with Gasteiger partial charge in [-0.1, -0.05) is 55.4 Å². The summed E-state index contributed by atoms with van der Waals surface area (Å²) in [4.78, 5) is 12.4. The van der Waals surface area contributed by atoms with Gasteiger partial charge in [0.05, 0.1) is 18.4 Å². The number of ether oxygens (including phenoxy) is 1. The van der Waals surface area contributed by atoms with Gasteiger partial charge in [0.1, 0.15) is 5.75 Å². The Labute approximate surface area is 191 Å². The zero-order chi connectivity index (χ0) is 22.4. The summed E-state index contributed by atoms with van der Waals surface area (Å²) in [5, 5.41) is 12.7. The van der Waals surface area contributed by atoms with Crippen molar-refractivity contribution >= 4 is 35.0 Å². The van der Waals surface area contributed by atoms with Gasteiger partial charge in [-0.3, -0.25) is 9.36 Å². The number of nitrogens with one attached hydrogen (secondary N) is 1. The van der Waals surface area contributed by atoms with E-state index in [2.05, 4.69) is 35.9 Å². The highest BCUT2D eigenvalue weighted by molar-refractivity contribution is 7.99. The Balaban J connectivity index is 1.74. The molecule has 0 unspecified atom stereocenters. The van der Waals surface area contributed by atoms with Gasteiger partial charge in [0, 0.05) is 17.3 Å². The van der Waals surface area contributed by atoms with Gasteiger partial charge in [-0.15, -0.1) is 16.8 Å². The van der Waals surface area contributed by atoms with Gasteiger partial charge in [0.2, 0.25) is 5.91 Å². The number of amides is 1. The lowest BCUT2D eigenvalue weighted by molar-refractivity contribution is -0.113. The number of allylic oxidation sites excluding steroid dienone is 1. The molecular formula is C23H25ClN4O2S. The molecule has 3 aromatic rings. The Hall–Kier alpha value is -2.77. The first-order chi connectivity index (χ1) is 14.9. The van der Waals surface area contributed by atoms with Crippen LogP contribution < -0.4 is 10.1 Å². The van der Waals surface area contributed by atoms with Crippen LogP contribution in [-0.2, 0) is 11.3 Å². The maximum Gasteiger partial charge on any atom is 0.234 e. The Morgan fingerprint density at radius 1 is 1.26 bits per heavy atom. The summed E-state index contributed by atoms with van der Waals surface area (Å²) in [5.74, 6) is 1.78. The second-order valence-corrected chi connectivity index (χ2v) is 8.54. The van der Waals surface area contributed by atoms with E-state index in [4.69, 9.17) is 16.3 Å². The van der Waals surface area contributed by atoms with Crippen molar-refractivity contribution in [3.8, 4) is 17.1 Å². The lowest BCUT2D eigenvalue weighted by Crippen LogP contribution is -2.14. The number of methoxy groups -OCH3 is 1. The van der Waals surface area contributed by atoms with Gasteiger partial charge in [0.15, 0.2) is 11.0 Å². The number of rotatable bonds is 9. The lowest BCUT2D eigenvalue weighted by atomic mass is 10.0. The van der Waals surface area contributed by atoms with Gasteiger partial charge >= 0.3 is 0 Å². The molecule has 0 saturated carbocycles. The molecule has 6 nitrogen and oxygen atoms in total. The number of halogens is 1. The molecule has 0 aliphatic rings. The van der Waals surface area contributed by atoms with Crippen LogP contribution in [0.5, 0.6) is 5.75 Å². The summed E-state index contributed by atoms with van der Waals surface area (Å²) in [6.45, 7) is 8.58. The van der Waals surface area contributed by atoms with Gasteiger partial charge in [0.25, 0.3) is 0 Å². The van der Waals surface area contributed by atoms with Gasteiger partial charge in [-0.05, 0) is 41.8 Å². The highest BCUT2D eigenvalue weighted by Crippen LogP contribution is 2.33. The van der Waals surface area contributed by atoms with Gasteiger partial charge in [-0.25, -0.2) is 0 Å². The van der Waals surface area contributed by atoms with Crippen LogP contribution in [0.1, 0.15) is 25.3 Å². The third-order valence-electron chi connectivity index (χ3n) is 4.62. The number of aromatic nitrogens is 3. The molecule has 8 heteroatoms. The van der Waals surface area contributed by atoms with E-state index in [-0.39, 0.29) is 11.7 Å². The number of hydrogen-bond donors (Lipinski definition) is 1. The summed E-state index contributed by atoms with van der Waals surface area (Å²) >= 11 is 7.49. The van der Waals surface area contributed by atoms with Crippen LogP contribution in [0.3, 0.4) is 0 Å². The number of anilines is 1. The minimum absolute atomic E-state index is 0.114. The molecule has 1 heterocycles. The molecule has 3 rings (SSSR count). The summed E-state index contributed by atoms with van der Waals surface area (Å²) in [6, 6.07) is 13.2. The van der Waals surface area contributed by atoms with E-state index in [9.17, 15) is 4.79 Å². The maximum atomic E-state index is 12.4. The topological polar surface area (TPSA) is 69.0 Å². The van der Waals surface area contributed by atoms with Crippen LogP contribution in [0.4, 0.5) is 5.69 Å². The molecule has 162 valence electrons. The van der Waals surface area contributed by atoms with Crippen LogP contribution in [0.2, 0.25) is 5.02 Å². The Kier molecular flexibility index (Phi) is 7.76. The maximum absolute atomic E-state index is 12.4. The molecule has 0 aliphatic carbocycles. The monoisotopic (exact) mass is 456 g/mol. The summed E-state index contributed by atoms with van der Waals surface area (Å²) in [7, 11) is 1.59. The molecular weight excluding hydrogens is 432 g/mol. The standard InChI is InChI=1S/C23H25ClN4O2S/c1-5-12-28-22(19-13-17(24)8-11-20(19)30-4)26-27-23(28)31-14-21(29)25-18-9-6-16(7-10-18)15(2)3/h5-11,13,15H,1,12,14H2,2-4H3,(H,25,29). The lowest BCUT2D eigenvalue weighted by Gasteiger charge is -2.11. The third-order valence-corrected chi connectivity index (χ3v) is 5.83. The number of thioether (sulfide) groups is 1. The van der Waals surface area contributed by atoms with Crippen molar-refractivity contribution in [3.05, 3.63) is 65.7 Å². The van der Waals surface area contributed by atoms with Gasteiger partial charge in [-0.2, -0.15) is 0 Å². The highest BCUT2D eigenvalue weighted by atomic mass is 35.5. The molecule has 0 saturated heterocycles. The van der Waals surface area contributed by atoms with E-state index in [0.29, 0.717) is 34.2 Å². The molecule has 1 aromatic heterocycles. The van der Waals surface area contributed by atoms with Crippen LogP contribution in [0.25, 0.3) is 11.4 Å². The van der Waals surface area contributed by atoms with Crippen molar-refractivity contribution < 1.29 is 9.53 Å². The smallest absolute Gasteiger partial charge is 0.234 e. The molecule has 1 amide bonds. The minimum atomic E-state index is -0.114. The zero-order valence-electron chi connectivity index (χ0n) is 17.8. The Morgan fingerprint density at radius 3 is 2.65 bits per heavy atom.